The van der Waals surface area contributed by atoms with E-state index in [4.69, 9.17) is 0 Å². The molecule has 14 heavy (non-hydrogen) atoms. The minimum absolute atomic E-state index is 0.235. The molecule has 0 saturated carbocycles. The van der Waals surface area contributed by atoms with Crippen LogP contribution in [0.5, 0.6) is 0 Å². The highest BCUT2D eigenvalue weighted by atomic mass is 32.1. The molecule has 3 rings (SSSR count). The van der Waals surface area contributed by atoms with Gasteiger partial charge < -0.3 is 0 Å². The number of thiophene rings is 1. The Kier molecular flexibility index (Phi) is 1.46. The Hall–Kier alpha value is -1.08. The van der Waals surface area contributed by atoms with Gasteiger partial charge in [-0.05, 0) is 17.0 Å². The highest BCUT2D eigenvalue weighted by Gasteiger charge is 2.28. The first-order valence-electron chi connectivity index (χ1n) is 4.90. The van der Waals surface area contributed by atoms with E-state index < -0.39 is 0 Å². The number of fused-ring (bicyclic) bond motifs is 3. The number of benzene rings is 1. The van der Waals surface area contributed by atoms with E-state index in [2.05, 4.69) is 50.3 Å². The molecule has 70 valence electrons. The summed E-state index contributed by atoms with van der Waals surface area (Å²) in [6.07, 6.45) is 4.58. The highest BCUT2D eigenvalue weighted by molar-refractivity contribution is 7.19. The van der Waals surface area contributed by atoms with Gasteiger partial charge in [-0.3, -0.25) is 0 Å². The molecule has 0 amide bonds. The third-order valence-corrected chi connectivity index (χ3v) is 4.41. The molecule has 0 nitrogen and oxygen atoms in total. The molecule has 0 saturated heterocycles. The molecule has 0 aliphatic heterocycles. The van der Waals surface area contributed by atoms with Crippen molar-refractivity contribution in [2.45, 2.75) is 19.3 Å². The Labute approximate surface area is 87.9 Å². The molecule has 0 spiro atoms. The van der Waals surface area contributed by atoms with Crippen LogP contribution in [0.15, 0.2) is 30.3 Å². The zero-order valence-corrected chi connectivity index (χ0v) is 9.19. The van der Waals surface area contributed by atoms with Crippen molar-refractivity contribution in [3.63, 3.8) is 0 Å². The van der Waals surface area contributed by atoms with Crippen LogP contribution in [0, 0.1) is 0 Å². The Morgan fingerprint density at radius 3 is 2.79 bits per heavy atom. The second-order valence-electron chi connectivity index (χ2n) is 4.40. The molecule has 0 bridgehead atoms. The van der Waals surface area contributed by atoms with Crippen molar-refractivity contribution in [3.05, 3.63) is 40.8 Å². The molecule has 1 aliphatic carbocycles. The molecule has 1 heteroatoms. The molecule has 1 aliphatic rings. The van der Waals surface area contributed by atoms with Crippen LogP contribution in [0.3, 0.4) is 0 Å². The van der Waals surface area contributed by atoms with Crippen LogP contribution < -0.4 is 0 Å². The first kappa shape index (κ1) is 8.25. The van der Waals surface area contributed by atoms with Crippen LogP contribution in [0.25, 0.3) is 16.2 Å². The van der Waals surface area contributed by atoms with Crippen molar-refractivity contribution in [2.75, 3.05) is 0 Å². The molecule has 1 heterocycles. The van der Waals surface area contributed by atoms with Crippen molar-refractivity contribution in [1.29, 1.82) is 0 Å². The Morgan fingerprint density at radius 1 is 1.14 bits per heavy atom. The zero-order chi connectivity index (χ0) is 9.76. The lowest BCUT2D eigenvalue weighted by Crippen LogP contribution is -2.07. The fourth-order valence-electron chi connectivity index (χ4n) is 2.08. The topological polar surface area (TPSA) is 0 Å². The van der Waals surface area contributed by atoms with Crippen molar-refractivity contribution >= 4 is 27.5 Å². The first-order chi connectivity index (χ1) is 6.68. The third-order valence-electron chi connectivity index (χ3n) is 2.89. The maximum absolute atomic E-state index is 2.31. The van der Waals surface area contributed by atoms with E-state index in [0.717, 1.165) is 0 Å². The number of hydrogen-bond acceptors (Lipinski definition) is 1. The van der Waals surface area contributed by atoms with Gasteiger partial charge >= 0.3 is 0 Å². The second-order valence-corrected chi connectivity index (χ2v) is 5.45. The Morgan fingerprint density at radius 2 is 1.93 bits per heavy atom. The van der Waals surface area contributed by atoms with Gasteiger partial charge in [-0.25, -0.2) is 0 Å². The fraction of sp³-hybridized carbons (Fsp3) is 0.231. The zero-order valence-electron chi connectivity index (χ0n) is 8.37. The molecule has 0 N–H and O–H groups in total. The van der Waals surface area contributed by atoms with Gasteiger partial charge in [0, 0.05) is 15.0 Å². The van der Waals surface area contributed by atoms with Gasteiger partial charge in [-0.1, -0.05) is 44.2 Å². The fourth-order valence-corrected chi connectivity index (χ4v) is 3.35. The maximum Gasteiger partial charge on any atom is 0.0352 e. The number of hydrogen-bond donors (Lipinski definition) is 0. The van der Waals surface area contributed by atoms with Crippen molar-refractivity contribution in [1.82, 2.24) is 0 Å². The second kappa shape index (κ2) is 2.48. The van der Waals surface area contributed by atoms with Crippen molar-refractivity contribution in [3.8, 4) is 0 Å². The van der Waals surface area contributed by atoms with Gasteiger partial charge in [-0.15, -0.1) is 11.3 Å². The van der Waals surface area contributed by atoms with Gasteiger partial charge in [0.05, 0.1) is 0 Å². The molecular weight excluding hydrogens is 188 g/mol. The summed E-state index contributed by atoms with van der Waals surface area (Å²) >= 11 is 1.93. The van der Waals surface area contributed by atoms with Crippen LogP contribution >= 0.6 is 11.3 Å². The maximum atomic E-state index is 2.31. The summed E-state index contributed by atoms with van der Waals surface area (Å²) in [5.41, 5.74) is 1.68. The van der Waals surface area contributed by atoms with Gasteiger partial charge in [0.15, 0.2) is 0 Å². The quantitative estimate of drug-likeness (QED) is 0.597. The minimum atomic E-state index is 0.235. The van der Waals surface area contributed by atoms with Crippen LogP contribution in [0.1, 0.15) is 24.3 Å². The van der Waals surface area contributed by atoms with Gasteiger partial charge in [0.1, 0.15) is 0 Å². The van der Waals surface area contributed by atoms with Crippen molar-refractivity contribution < 1.29 is 0 Å². The lowest BCUT2D eigenvalue weighted by molar-refractivity contribution is 0.700. The summed E-state index contributed by atoms with van der Waals surface area (Å²) in [7, 11) is 0. The summed E-state index contributed by atoms with van der Waals surface area (Å²) in [5.74, 6) is 0. The van der Waals surface area contributed by atoms with Crippen molar-refractivity contribution in [2.24, 2.45) is 0 Å². The van der Waals surface area contributed by atoms with Crippen LogP contribution in [-0.4, -0.2) is 0 Å². The summed E-state index contributed by atoms with van der Waals surface area (Å²) in [4.78, 5) is 1.51. The molecule has 0 unspecified atom stereocenters. The van der Waals surface area contributed by atoms with Crippen LogP contribution in [0.2, 0.25) is 0 Å². The summed E-state index contributed by atoms with van der Waals surface area (Å²) in [6.45, 7) is 4.56. The number of rotatable bonds is 0. The average molecular weight is 200 g/mol. The molecule has 2 aromatic rings. The first-order valence-corrected chi connectivity index (χ1v) is 5.71. The SMILES string of the molecule is CC1(C)C=Cc2c1sc1ccccc21. The molecule has 0 fully saturated rings. The average Bonchev–Trinajstić information content (AvgIpc) is 2.65. The van der Waals surface area contributed by atoms with E-state index in [9.17, 15) is 0 Å². The Bertz CT molecular complexity index is 529. The summed E-state index contributed by atoms with van der Waals surface area (Å²) in [5, 5.41) is 1.41. The van der Waals surface area contributed by atoms with Gasteiger partial charge in [0.2, 0.25) is 0 Å². The van der Waals surface area contributed by atoms with Gasteiger partial charge in [0.25, 0.3) is 0 Å². The third kappa shape index (κ3) is 0.934. The van der Waals surface area contributed by atoms with Gasteiger partial charge in [-0.2, -0.15) is 0 Å². The van der Waals surface area contributed by atoms with E-state index in [1.807, 2.05) is 11.3 Å². The van der Waals surface area contributed by atoms with Crippen LogP contribution in [0.4, 0.5) is 0 Å². The monoisotopic (exact) mass is 200 g/mol. The largest absolute Gasteiger partial charge is 0.139 e. The van der Waals surface area contributed by atoms with E-state index in [-0.39, 0.29) is 5.41 Å². The normalized spacial score (nSPS) is 17.6. The lowest BCUT2D eigenvalue weighted by Gasteiger charge is -2.13. The highest BCUT2D eigenvalue weighted by Crippen LogP contribution is 2.44. The predicted molar refractivity (Wildman–Crippen MR) is 63.9 cm³/mol. The molecule has 0 atom stereocenters. The molecule has 1 aromatic carbocycles. The van der Waals surface area contributed by atoms with E-state index in [1.165, 1.54) is 20.5 Å². The number of allylic oxidation sites excluding steroid dienone is 1. The van der Waals surface area contributed by atoms with Crippen LogP contribution in [-0.2, 0) is 5.41 Å². The minimum Gasteiger partial charge on any atom is -0.139 e. The molecular formula is C13H12S. The van der Waals surface area contributed by atoms with E-state index in [0.29, 0.717) is 0 Å². The van der Waals surface area contributed by atoms with E-state index >= 15 is 0 Å². The summed E-state index contributed by atoms with van der Waals surface area (Å²) < 4.78 is 1.41. The predicted octanol–water partition coefficient (Wildman–Crippen LogP) is 4.21. The molecule has 1 aromatic heterocycles. The Balaban J connectivity index is 2.43. The standard InChI is InChI=1S/C13H12S/c1-13(2)8-7-10-9-5-3-4-6-11(9)14-12(10)13/h3-8H,1-2H3. The lowest BCUT2D eigenvalue weighted by atomic mass is 9.94. The molecule has 0 radical (unpaired) electrons. The van der Waals surface area contributed by atoms with E-state index in [1.54, 1.807) is 0 Å². The summed E-state index contributed by atoms with van der Waals surface area (Å²) in [6, 6.07) is 8.66. The smallest absolute Gasteiger partial charge is 0.0352 e.